The van der Waals surface area contributed by atoms with Crippen LogP contribution in [0.3, 0.4) is 0 Å². The molecule has 3 aromatic rings. The number of hydrogen-bond acceptors (Lipinski definition) is 7. The number of halogens is 3. The Morgan fingerprint density at radius 3 is 2.73 bits per heavy atom. The van der Waals surface area contributed by atoms with Gasteiger partial charge in [0.05, 0.1) is 31.1 Å². The van der Waals surface area contributed by atoms with Crippen molar-refractivity contribution in [2.45, 2.75) is 38.0 Å². The van der Waals surface area contributed by atoms with Crippen LogP contribution in [-0.4, -0.2) is 69.8 Å². The first-order chi connectivity index (χ1) is 17.7. The molecule has 2 aromatic heterocycles. The number of nitrogens with zero attached hydrogens (tertiary/aromatic N) is 3. The van der Waals surface area contributed by atoms with Crippen LogP contribution in [0.25, 0.3) is 27.9 Å². The molecule has 0 radical (unpaired) electrons. The molecule has 1 spiro atoms. The number of rotatable bonds is 4. The van der Waals surface area contributed by atoms with Crippen molar-refractivity contribution in [2.24, 2.45) is 5.41 Å². The molecule has 4 heterocycles. The molecule has 0 unspecified atom stereocenters. The zero-order chi connectivity index (χ0) is 26.0. The normalized spacial score (nSPS) is 20.6. The van der Waals surface area contributed by atoms with Gasteiger partial charge in [-0.15, -0.1) is 0 Å². The number of ether oxygens (including phenoxy) is 2. The lowest BCUT2D eigenvalue weighted by Crippen LogP contribution is -2.45. The lowest BCUT2D eigenvalue weighted by Gasteiger charge is -2.32. The van der Waals surface area contributed by atoms with Crippen LogP contribution in [0.15, 0.2) is 36.7 Å². The quantitative estimate of drug-likeness (QED) is 0.475. The number of carbonyl (C=O) groups is 1. The molecule has 1 aromatic carbocycles. The van der Waals surface area contributed by atoms with Crippen LogP contribution in [0.1, 0.15) is 31.2 Å². The summed E-state index contributed by atoms with van der Waals surface area (Å²) < 4.78 is 43.5. The van der Waals surface area contributed by atoms with Crippen LogP contribution in [-0.2, 0) is 9.53 Å². The summed E-state index contributed by atoms with van der Waals surface area (Å²) in [6.45, 7) is 3.40. The number of fused-ring (bicyclic) bond motifs is 1. The number of carboxylic acids is 1. The Hall–Kier alpha value is -3.51. The van der Waals surface area contributed by atoms with Crippen LogP contribution in [0.5, 0.6) is 5.88 Å². The Morgan fingerprint density at radius 2 is 2.03 bits per heavy atom. The molecule has 1 atom stereocenters. The number of alkyl halides is 3. The second-order valence-corrected chi connectivity index (χ2v) is 9.36. The van der Waals surface area contributed by atoms with E-state index >= 15 is 0 Å². The van der Waals surface area contributed by atoms with Gasteiger partial charge in [-0.2, -0.15) is 18.3 Å². The predicted molar refractivity (Wildman–Crippen MR) is 128 cm³/mol. The molecule has 1 saturated carbocycles. The van der Waals surface area contributed by atoms with Gasteiger partial charge in [0, 0.05) is 17.3 Å². The van der Waals surface area contributed by atoms with E-state index in [1.54, 1.807) is 12.4 Å². The highest BCUT2D eigenvalue weighted by molar-refractivity contribution is 5.94. The van der Waals surface area contributed by atoms with Crippen LogP contribution >= 0.6 is 0 Å². The maximum absolute atomic E-state index is 10.6. The van der Waals surface area contributed by atoms with Crippen molar-refractivity contribution in [3.63, 3.8) is 0 Å². The Bertz CT molecular complexity index is 1320. The first kappa shape index (κ1) is 25.2. The van der Waals surface area contributed by atoms with E-state index in [2.05, 4.69) is 44.8 Å². The van der Waals surface area contributed by atoms with E-state index < -0.39 is 12.1 Å². The Kier molecular flexibility index (Phi) is 6.86. The van der Waals surface area contributed by atoms with E-state index in [1.165, 1.54) is 30.4 Å². The van der Waals surface area contributed by atoms with Gasteiger partial charge in [0.1, 0.15) is 17.5 Å². The zero-order valence-electron chi connectivity index (χ0n) is 19.8. The summed E-state index contributed by atoms with van der Waals surface area (Å²) in [5.74, 6) is -2.18. The van der Waals surface area contributed by atoms with Crippen molar-refractivity contribution >= 4 is 22.4 Å². The Labute approximate surface area is 210 Å². The number of nitrogens with one attached hydrogen (secondary N) is 2. The molecule has 2 fully saturated rings. The highest BCUT2D eigenvalue weighted by atomic mass is 19.4. The van der Waals surface area contributed by atoms with Crippen LogP contribution < -0.4 is 10.1 Å². The zero-order valence-corrected chi connectivity index (χ0v) is 19.8. The molecule has 2 aliphatic heterocycles. The minimum absolute atomic E-state index is 0.166. The van der Waals surface area contributed by atoms with Gasteiger partial charge in [-0.1, -0.05) is 12.1 Å². The maximum atomic E-state index is 10.6. The number of benzene rings is 1. The smallest absolute Gasteiger partial charge is 0.475 e. The van der Waals surface area contributed by atoms with Crippen molar-refractivity contribution in [2.75, 3.05) is 26.3 Å². The summed E-state index contributed by atoms with van der Waals surface area (Å²) in [6, 6.07) is 6.40. The van der Waals surface area contributed by atoms with Gasteiger partial charge in [-0.3, -0.25) is 10.1 Å². The molecule has 37 heavy (non-hydrogen) atoms. The first-order valence-electron chi connectivity index (χ1n) is 12.0. The predicted octanol–water partition coefficient (Wildman–Crippen LogP) is 3.98. The molecule has 1 saturated heterocycles. The SMILES string of the molecule is C1=C(c2ccc3[nH]nc(-c4cncc(O[C@H]5CNCCC56CC6)n4)c3c2)CCOC1.O=C(O)C(F)(F)F. The van der Waals surface area contributed by atoms with Gasteiger partial charge in [-0.25, -0.2) is 9.78 Å². The Balaban J connectivity index is 0.000000355. The number of H-pyrrole nitrogens is 1. The molecule has 12 heteroatoms. The van der Waals surface area contributed by atoms with Crippen LogP contribution in [0.4, 0.5) is 13.2 Å². The largest absolute Gasteiger partial charge is 0.490 e. The van der Waals surface area contributed by atoms with Crippen molar-refractivity contribution < 1.29 is 32.5 Å². The van der Waals surface area contributed by atoms with Crippen molar-refractivity contribution in [1.29, 1.82) is 0 Å². The van der Waals surface area contributed by atoms with E-state index in [1.807, 2.05) is 0 Å². The number of aromatic nitrogens is 4. The third-order valence-corrected chi connectivity index (χ3v) is 6.96. The minimum Gasteiger partial charge on any atom is -0.475 e. The second-order valence-electron chi connectivity index (χ2n) is 9.36. The summed E-state index contributed by atoms with van der Waals surface area (Å²) in [4.78, 5) is 18.1. The molecule has 0 bridgehead atoms. The van der Waals surface area contributed by atoms with E-state index in [9.17, 15) is 13.2 Å². The standard InChI is InChI=1S/C23H25N5O2.C2HF3O2/c1-2-18-17(11-16(1)15-3-9-29-10-4-15)22(28-27-18)19-12-25-14-21(26-19)30-20-13-24-8-7-23(20)5-6-23;3-2(4,5)1(6)7/h1-3,11-12,14,20,24H,4-10,13H2,(H,27,28);(H,6,7)/t20-;/m0./s1. The number of aromatic amines is 1. The molecular formula is C25H26F3N5O4. The molecule has 3 aliphatic rings. The highest BCUT2D eigenvalue weighted by Gasteiger charge is 2.52. The van der Waals surface area contributed by atoms with E-state index in [4.69, 9.17) is 24.4 Å². The average molecular weight is 518 g/mol. The summed E-state index contributed by atoms with van der Waals surface area (Å²) in [6.07, 6.45) is 5.32. The fourth-order valence-electron chi connectivity index (χ4n) is 4.71. The number of hydrogen-bond donors (Lipinski definition) is 3. The summed E-state index contributed by atoms with van der Waals surface area (Å²) in [7, 11) is 0. The highest BCUT2D eigenvalue weighted by Crippen LogP contribution is 2.53. The van der Waals surface area contributed by atoms with Crippen molar-refractivity contribution in [3.05, 3.63) is 42.2 Å². The van der Waals surface area contributed by atoms with Gasteiger partial charge in [0.2, 0.25) is 5.88 Å². The summed E-state index contributed by atoms with van der Waals surface area (Å²) in [5, 5.41) is 19.3. The molecule has 0 amide bonds. The fourth-order valence-corrected chi connectivity index (χ4v) is 4.71. The molecule has 196 valence electrons. The maximum Gasteiger partial charge on any atom is 0.490 e. The Morgan fingerprint density at radius 1 is 1.22 bits per heavy atom. The lowest BCUT2D eigenvalue weighted by molar-refractivity contribution is -0.192. The van der Waals surface area contributed by atoms with Gasteiger partial charge in [0.25, 0.3) is 0 Å². The van der Waals surface area contributed by atoms with Crippen molar-refractivity contribution in [1.82, 2.24) is 25.5 Å². The number of carboxylic acid groups (broad SMARTS) is 1. The van der Waals surface area contributed by atoms with Gasteiger partial charge in [0.15, 0.2) is 0 Å². The monoisotopic (exact) mass is 517 g/mol. The molecule has 3 N–H and O–H groups in total. The third-order valence-electron chi connectivity index (χ3n) is 6.96. The van der Waals surface area contributed by atoms with Gasteiger partial charge in [-0.05, 0) is 55.5 Å². The first-order valence-corrected chi connectivity index (χ1v) is 12.0. The van der Waals surface area contributed by atoms with Gasteiger partial charge < -0.3 is 19.9 Å². The van der Waals surface area contributed by atoms with Crippen LogP contribution in [0, 0.1) is 5.41 Å². The average Bonchev–Trinajstić information content (AvgIpc) is 3.53. The summed E-state index contributed by atoms with van der Waals surface area (Å²) >= 11 is 0. The molecule has 6 rings (SSSR count). The van der Waals surface area contributed by atoms with E-state index in [0.29, 0.717) is 17.9 Å². The number of aliphatic carboxylic acids is 1. The lowest BCUT2D eigenvalue weighted by atomic mass is 9.92. The van der Waals surface area contributed by atoms with Crippen LogP contribution in [0.2, 0.25) is 0 Å². The molecular weight excluding hydrogens is 491 g/mol. The molecule has 9 nitrogen and oxygen atoms in total. The summed E-state index contributed by atoms with van der Waals surface area (Å²) in [5.41, 5.74) is 5.39. The molecule has 1 aliphatic carbocycles. The topological polar surface area (TPSA) is 122 Å². The van der Waals surface area contributed by atoms with Gasteiger partial charge >= 0.3 is 12.1 Å². The van der Waals surface area contributed by atoms with Crippen molar-refractivity contribution in [3.8, 4) is 17.3 Å². The number of piperidine rings is 1. The second kappa shape index (κ2) is 10.1. The third kappa shape index (κ3) is 5.59. The fraction of sp³-hybridized carbons (Fsp3) is 0.440. The minimum atomic E-state index is -5.08. The van der Waals surface area contributed by atoms with E-state index in [-0.39, 0.29) is 6.10 Å². The van der Waals surface area contributed by atoms with E-state index in [0.717, 1.165) is 48.4 Å².